The summed E-state index contributed by atoms with van der Waals surface area (Å²) < 4.78 is 7.22. The number of aryl methyl sites for hydroxylation is 1. The molecule has 0 atom stereocenters. The van der Waals surface area contributed by atoms with E-state index in [0.29, 0.717) is 0 Å². The van der Waals surface area contributed by atoms with Gasteiger partial charge in [-0.25, -0.2) is 0 Å². The third-order valence-electron chi connectivity index (χ3n) is 2.09. The quantitative estimate of drug-likeness (QED) is 0.680. The van der Waals surface area contributed by atoms with Gasteiger partial charge in [0.15, 0.2) is 5.76 Å². The number of aromatic nitrogens is 3. The van der Waals surface area contributed by atoms with Gasteiger partial charge in [-0.15, -0.1) is 16.4 Å². The number of hydrogen-bond acceptors (Lipinski definition) is 5. The summed E-state index contributed by atoms with van der Waals surface area (Å²) in [5.41, 5.74) is 6.40. The van der Waals surface area contributed by atoms with Crippen molar-refractivity contribution in [3.8, 4) is 11.5 Å². The van der Waals surface area contributed by atoms with E-state index < -0.39 is 0 Å². The highest BCUT2D eigenvalue weighted by atomic mass is 32.1. The Hall–Kier alpha value is -1.82. The fraction of sp³-hybridized carbons (Fsp3) is 0.111. The average molecular weight is 220 g/mol. The number of hydrogen-bond donors (Lipinski definition) is 1. The number of nitrogens with two attached hydrogens (primary N) is 1. The molecule has 0 aromatic carbocycles. The van der Waals surface area contributed by atoms with E-state index in [-0.39, 0.29) is 5.95 Å². The Morgan fingerprint density at radius 2 is 2.33 bits per heavy atom. The van der Waals surface area contributed by atoms with Gasteiger partial charge in [0.25, 0.3) is 0 Å². The van der Waals surface area contributed by atoms with E-state index in [1.54, 1.807) is 4.52 Å². The minimum absolute atomic E-state index is 0.284. The van der Waals surface area contributed by atoms with Crippen molar-refractivity contribution in [2.45, 2.75) is 6.92 Å². The van der Waals surface area contributed by atoms with Crippen LogP contribution < -0.4 is 5.73 Å². The SMILES string of the molecule is Cc1ccc(-c2csc3nc(N)nn23)o1. The molecule has 3 aromatic heterocycles. The standard InChI is InChI=1S/C9H8N4OS/c1-5-2-3-7(14-5)6-4-15-9-11-8(10)12-13(6)9/h2-4H,1H3,(H2,10,12). The number of rotatable bonds is 1. The molecule has 0 fully saturated rings. The molecule has 0 saturated heterocycles. The summed E-state index contributed by atoms with van der Waals surface area (Å²) >= 11 is 1.49. The first kappa shape index (κ1) is 8.49. The number of nitrogen functional groups attached to an aromatic ring is 1. The Morgan fingerprint density at radius 1 is 1.47 bits per heavy atom. The lowest BCUT2D eigenvalue weighted by Crippen LogP contribution is -1.90. The van der Waals surface area contributed by atoms with Crippen LogP contribution >= 0.6 is 11.3 Å². The maximum atomic E-state index is 5.52. The first-order valence-electron chi connectivity index (χ1n) is 4.40. The van der Waals surface area contributed by atoms with Gasteiger partial charge in [0.1, 0.15) is 11.5 Å². The Labute approximate surface area is 89.2 Å². The second-order valence-corrected chi connectivity index (χ2v) is 4.03. The molecule has 5 nitrogen and oxygen atoms in total. The predicted octanol–water partition coefficient (Wildman–Crippen LogP) is 1.94. The van der Waals surface area contributed by atoms with E-state index in [2.05, 4.69) is 10.1 Å². The summed E-state index contributed by atoms with van der Waals surface area (Å²) in [5, 5.41) is 6.04. The fourth-order valence-electron chi connectivity index (χ4n) is 1.44. The maximum absolute atomic E-state index is 5.52. The third-order valence-corrected chi connectivity index (χ3v) is 2.91. The summed E-state index contributed by atoms with van der Waals surface area (Å²) in [4.78, 5) is 4.85. The summed E-state index contributed by atoms with van der Waals surface area (Å²) in [6, 6.07) is 3.83. The molecule has 6 heteroatoms. The van der Waals surface area contributed by atoms with Crippen molar-refractivity contribution < 1.29 is 4.42 Å². The largest absolute Gasteiger partial charge is 0.460 e. The normalized spacial score (nSPS) is 11.3. The van der Waals surface area contributed by atoms with Crippen LogP contribution in [0, 0.1) is 6.92 Å². The minimum atomic E-state index is 0.284. The van der Waals surface area contributed by atoms with E-state index in [1.165, 1.54) is 11.3 Å². The molecule has 3 heterocycles. The molecule has 0 bridgehead atoms. The van der Waals surface area contributed by atoms with E-state index in [4.69, 9.17) is 10.2 Å². The Bertz CT molecular complexity index is 621. The van der Waals surface area contributed by atoms with E-state index in [1.807, 2.05) is 24.4 Å². The lowest BCUT2D eigenvalue weighted by Gasteiger charge is -1.91. The second-order valence-electron chi connectivity index (χ2n) is 3.20. The van der Waals surface area contributed by atoms with E-state index in [9.17, 15) is 0 Å². The van der Waals surface area contributed by atoms with E-state index in [0.717, 1.165) is 22.2 Å². The molecule has 0 aliphatic rings. The van der Waals surface area contributed by atoms with Crippen molar-refractivity contribution in [1.82, 2.24) is 14.6 Å². The van der Waals surface area contributed by atoms with Crippen molar-refractivity contribution >= 4 is 22.2 Å². The van der Waals surface area contributed by atoms with Crippen LogP contribution in [0.1, 0.15) is 5.76 Å². The van der Waals surface area contributed by atoms with Gasteiger partial charge in [0.2, 0.25) is 10.9 Å². The molecule has 3 rings (SSSR count). The molecule has 2 N–H and O–H groups in total. The zero-order valence-electron chi connectivity index (χ0n) is 7.97. The van der Waals surface area contributed by atoms with Gasteiger partial charge < -0.3 is 10.2 Å². The fourth-order valence-corrected chi connectivity index (χ4v) is 2.26. The van der Waals surface area contributed by atoms with Crippen LogP contribution in [0.5, 0.6) is 0 Å². The van der Waals surface area contributed by atoms with Crippen LogP contribution in [0.25, 0.3) is 16.4 Å². The van der Waals surface area contributed by atoms with Crippen LogP contribution in [0.3, 0.4) is 0 Å². The molecule has 0 radical (unpaired) electrons. The smallest absolute Gasteiger partial charge is 0.241 e. The minimum Gasteiger partial charge on any atom is -0.460 e. The summed E-state index contributed by atoms with van der Waals surface area (Å²) in [6.07, 6.45) is 0. The topological polar surface area (TPSA) is 69.3 Å². The molecule has 15 heavy (non-hydrogen) atoms. The molecular weight excluding hydrogens is 212 g/mol. The first-order chi connectivity index (χ1) is 7.24. The van der Waals surface area contributed by atoms with Crippen molar-refractivity contribution in [3.63, 3.8) is 0 Å². The zero-order chi connectivity index (χ0) is 10.4. The molecule has 3 aromatic rings. The highest BCUT2D eigenvalue weighted by Gasteiger charge is 2.12. The van der Waals surface area contributed by atoms with Gasteiger partial charge in [-0.2, -0.15) is 9.50 Å². The highest BCUT2D eigenvalue weighted by molar-refractivity contribution is 7.15. The summed E-state index contributed by atoms with van der Waals surface area (Å²) in [7, 11) is 0. The Kier molecular flexibility index (Phi) is 1.60. The number of thiazole rings is 1. The van der Waals surface area contributed by atoms with Crippen molar-refractivity contribution in [2.24, 2.45) is 0 Å². The Morgan fingerprint density at radius 3 is 3.07 bits per heavy atom. The molecule has 0 spiro atoms. The number of nitrogens with zero attached hydrogens (tertiary/aromatic N) is 3. The second kappa shape index (κ2) is 2.83. The number of furan rings is 1. The molecule has 0 saturated carbocycles. The van der Waals surface area contributed by atoms with Crippen LogP contribution in [0.2, 0.25) is 0 Å². The average Bonchev–Trinajstić information content (AvgIpc) is 2.80. The third kappa shape index (κ3) is 1.22. The first-order valence-corrected chi connectivity index (χ1v) is 5.28. The summed E-state index contributed by atoms with van der Waals surface area (Å²) in [5.74, 6) is 1.94. The van der Waals surface area contributed by atoms with Crippen LogP contribution in [0.15, 0.2) is 21.9 Å². The predicted molar refractivity (Wildman–Crippen MR) is 57.7 cm³/mol. The van der Waals surface area contributed by atoms with Gasteiger partial charge in [-0.1, -0.05) is 0 Å². The van der Waals surface area contributed by atoms with Crippen molar-refractivity contribution in [3.05, 3.63) is 23.3 Å². The van der Waals surface area contributed by atoms with Crippen LogP contribution in [-0.4, -0.2) is 14.6 Å². The van der Waals surface area contributed by atoms with Crippen molar-refractivity contribution in [1.29, 1.82) is 0 Å². The highest BCUT2D eigenvalue weighted by Crippen LogP contribution is 2.26. The molecule has 0 unspecified atom stereocenters. The molecule has 0 aliphatic carbocycles. The van der Waals surface area contributed by atoms with Gasteiger partial charge in [-0.3, -0.25) is 0 Å². The molecule has 76 valence electrons. The van der Waals surface area contributed by atoms with Gasteiger partial charge >= 0.3 is 0 Å². The van der Waals surface area contributed by atoms with Crippen molar-refractivity contribution in [2.75, 3.05) is 5.73 Å². The zero-order valence-corrected chi connectivity index (χ0v) is 8.78. The van der Waals surface area contributed by atoms with Crippen LogP contribution in [0.4, 0.5) is 5.95 Å². The van der Waals surface area contributed by atoms with E-state index >= 15 is 0 Å². The van der Waals surface area contributed by atoms with Gasteiger partial charge in [0.05, 0.1) is 0 Å². The maximum Gasteiger partial charge on any atom is 0.241 e. The number of anilines is 1. The lowest BCUT2D eigenvalue weighted by molar-refractivity contribution is 0.545. The Balaban J connectivity index is 2.26. The molecular formula is C9H8N4OS. The van der Waals surface area contributed by atoms with Gasteiger partial charge in [0, 0.05) is 5.38 Å². The van der Waals surface area contributed by atoms with Crippen LogP contribution in [-0.2, 0) is 0 Å². The lowest BCUT2D eigenvalue weighted by atomic mass is 10.4. The molecule has 0 amide bonds. The molecule has 0 aliphatic heterocycles. The number of fused-ring (bicyclic) bond motifs is 1. The summed E-state index contributed by atoms with van der Waals surface area (Å²) in [6.45, 7) is 1.91. The monoisotopic (exact) mass is 220 g/mol. The van der Waals surface area contributed by atoms with Gasteiger partial charge in [-0.05, 0) is 19.1 Å².